The van der Waals surface area contributed by atoms with E-state index in [4.69, 9.17) is 16.6 Å². The summed E-state index contributed by atoms with van der Waals surface area (Å²) >= 11 is 0. The first kappa shape index (κ1) is 17.9. The van der Waals surface area contributed by atoms with Crippen molar-refractivity contribution in [1.29, 1.82) is 0 Å². The van der Waals surface area contributed by atoms with Crippen molar-refractivity contribution in [1.82, 2.24) is 15.5 Å². The molecule has 1 aliphatic heterocycles. The second-order valence-electron chi connectivity index (χ2n) is 5.02. The van der Waals surface area contributed by atoms with Crippen LogP contribution in [0.25, 0.3) is 0 Å². The molecular formula is C12H22N6O4. The molecule has 0 saturated carbocycles. The Morgan fingerprint density at radius 2 is 2.27 bits per heavy atom. The fraction of sp³-hybridized carbons (Fsp3) is 0.667. The summed E-state index contributed by atoms with van der Waals surface area (Å²) in [5.74, 6) is -0.778. The Kier molecular flexibility index (Phi) is 6.73. The third kappa shape index (κ3) is 5.30. The van der Waals surface area contributed by atoms with Crippen LogP contribution in [0.5, 0.6) is 0 Å². The van der Waals surface area contributed by atoms with Gasteiger partial charge in [-0.1, -0.05) is 0 Å². The summed E-state index contributed by atoms with van der Waals surface area (Å²) in [6.07, 6.45) is 1.13. The third-order valence-electron chi connectivity index (χ3n) is 3.24. The van der Waals surface area contributed by atoms with Crippen molar-refractivity contribution in [3.8, 4) is 0 Å². The largest absolute Gasteiger partial charge is 0.396 e. The minimum Gasteiger partial charge on any atom is -0.396 e. The van der Waals surface area contributed by atoms with Crippen LogP contribution in [0, 0.1) is 0 Å². The van der Waals surface area contributed by atoms with Crippen LogP contribution < -0.4 is 22.1 Å². The molecule has 0 spiro atoms. The van der Waals surface area contributed by atoms with Crippen LogP contribution in [0.4, 0.5) is 4.79 Å². The van der Waals surface area contributed by atoms with E-state index < -0.39 is 18.0 Å². The van der Waals surface area contributed by atoms with Crippen molar-refractivity contribution in [3.63, 3.8) is 0 Å². The van der Waals surface area contributed by atoms with Gasteiger partial charge in [-0.15, -0.1) is 0 Å². The number of hydrogen-bond donors (Lipinski definition) is 5. The van der Waals surface area contributed by atoms with Gasteiger partial charge in [0.05, 0.1) is 6.54 Å². The molecule has 0 aliphatic carbocycles. The Balaban J connectivity index is 2.56. The minimum absolute atomic E-state index is 0.0209. The smallest absolute Gasteiger partial charge is 0.318 e. The molecule has 0 saturated heterocycles. The lowest BCUT2D eigenvalue weighted by Crippen LogP contribution is -2.58. The van der Waals surface area contributed by atoms with E-state index in [9.17, 15) is 14.4 Å². The van der Waals surface area contributed by atoms with Crippen LogP contribution in [0.3, 0.4) is 0 Å². The maximum atomic E-state index is 12.1. The highest BCUT2D eigenvalue weighted by molar-refractivity contribution is 6.07. The highest BCUT2D eigenvalue weighted by Crippen LogP contribution is 2.07. The normalized spacial score (nSPS) is 19.0. The number of likely N-dealkylation sites (N-methyl/N-ethyl adjacent to an activating group) is 1. The van der Waals surface area contributed by atoms with E-state index in [0.717, 1.165) is 0 Å². The number of guanidine groups is 1. The van der Waals surface area contributed by atoms with Crippen LogP contribution in [0.15, 0.2) is 4.99 Å². The first-order chi connectivity index (χ1) is 10.3. The average Bonchev–Trinajstić information content (AvgIpc) is 2.43. The molecule has 124 valence electrons. The van der Waals surface area contributed by atoms with E-state index in [1.807, 2.05) is 0 Å². The number of carbonyl (C=O) groups is 3. The average molecular weight is 314 g/mol. The van der Waals surface area contributed by atoms with Gasteiger partial charge in [0.1, 0.15) is 6.04 Å². The zero-order chi connectivity index (χ0) is 16.7. The quantitative estimate of drug-likeness (QED) is 0.364. The van der Waals surface area contributed by atoms with E-state index >= 15 is 0 Å². The zero-order valence-electron chi connectivity index (χ0n) is 12.4. The second kappa shape index (κ2) is 8.29. The maximum absolute atomic E-state index is 12.1. The molecule has 0 bridgehead atoms. The summed E-state index contributed by atoms with van der Waals surface area (Å²) in [6.45, 7) is 0.0443. The fourth-order valence-corrected chi connectivity index (χ4v) is 1.98. The Bertz CT molecular complexity index is 467. The number of hydrogen-bond acceptors (Lipinski definition) is 6. The molecule has 0 aromatic rings. The molecule has 10 nitrogen and oxygen atoms in total. The first-order valence-corrected chi connectivity index (χ1v) is 6.89. The molecule has 2 unspecified atom stereocenters. The summed E-state index contributed by atoms with van der Waals surface area (Å²) in [7, 11) is 1.49. The fourth-order valence-electron chi connectivity index (χ4n) is 1.98. The molecule has 1 rings (SSSR count). The number of aliphatic hydroxyl groups is 1. The lowest BCUT2D eigenvalue weighted by Gasteiger charge is -2.30. The number of amides is 4. The van der Waals surface area contributed by atoms with Gasteiger partial charge in [0, 0.05) is 26.1 Å². The number of primary amides is 1. The number of aliphatic hydroxyl groups excluding tert-OH is 1. The molecule has 2 atom stereocenters. The van der Waals surface area contributed by atoms with E-state index in [0.29, 0.717) is 12.8 Å². The maximum Gasteiger partial charge on any atom is 0.318 e. The van der Waals surface area contributed by atoms with Gasteiger partial charge in [-0.3, -0.25) is 20.2 Å². The van der Waals surface area contributed by atoms with Crippen LogP contribution in [-0.2, 0) is 9.59 Å². The molecular weight excluding hydrogens is 292 g/mol. The number of carbonyl (C=O) groups excluding carboxylic acids is 3. The van der Waals surface area contributed by atoms with Crippen molar-refractivity contribution in [3.05, 3.63) is 0 Å². The number of nitrogens with two attached hydrogens (primary N) is 2. The van der Waals surface area contributed by atoms with Crippen molar-refractivity contribution in [2.24, 2.45) is 16.5 Å². The Morgan fingerprint density at radius 3 is 2.82 bits per heavy atom. The van der Waals surface area contributed by atoms with Crippen LogP contribution in [-0.4, -0.2) is 66.1 Å². The summed E-state index contributed by atoms with van der Waals surface area (Å²) in [5.41, 5.74) is 10.7. The highest BCUT2D eigenvalue weighted by atomic mass is 16.3. The van der Waals surface area contributed by atoms with Gasteiger partial charge in [0.25, 0.3) is 5.91 Å². The third-order valence-corrected chi connectivity index (χ3v) is 3.24. The summed E-state index contributed by atoms with van der Waals surface area (Å²) in [4.78, 5) is 39.9. The molecule has 10 heteroatoms. The molecule has 7 N–H and O–H groups in total. The molecule has 0 radical (unpaired) electrons. The molecule has 0 fully saturated rings. The van der Waals surface area contributed by atoms with Crippen LogP contribution in [0.2, 0.25) is 0 Å². The van der Waals surface area contributed by atoms with Gasteiger partial charge in [-0.2, -0.15) is 0 Å². The van der Waals surface area contributed by atoms with Crippen molar-refractivity contribution in [2.75, 3.05) is 20.2 Å². The minimum atomic E-state index is -0.836. The molecule has 0 aromatic heterocycles. The number of nitrogens with zero attached hydrogens (tertiary/aromatic N) is 2. The summed E-state index contributed by atoms with van der Waals surface area (Å²) in [5, 5.41) is 13.3. The van der Waals surface area contributed by atoms with E-state index in [-0.39, 0.29) is 37.5 Å². The van der Waals surface area contributed by atoms with Gasteiger partial charge in [-0.25, -0.2) is 9.79 Å². The van der Waals surface area contributed by atoms with Crippen LogP contribution in [0.1, 0.15) is 19.3 Å². The lowest BCUT2D eigenvalue weighted by molar-refractivity contribution is -0.138. The van der Waals surface area contributed by atoms with E-state index in [2.05, 4.69) is 15.6 Å². The summed E-state index contributed by atoms with van der Waals surface area (Å²) < 4.78 is 0. The van der Waals surface area contributed by atoms with Gasteiger partial charge in [0.15, 0.2) is 0 Å². The first-order valence-electron chi connectivity index (χ1n) is 6.89. The second-order valence-corrected chi connectivity index (χ2v) is 5.02. The highest BCUT2D eigenvalue weighted by Gasteiger charge is 2.31. The van der Waals surface area contributed by atoms with Crippen LogP contribution >= 0.6 is 0 Å². The van der Waals surface area contributed by atoms with Gasteiger partial charge < -0.3 is 21.5 Å². The predicted octanol–water partition coefficient (Wildman–Crippen LogP) is -2.54. The Morgan fingerprint density at radius 1 is 1.59 bits per heavy atom. The van der Waals surface area contributed by atoms with Gasteiger partial charge in [0.2, 0.25) is 11.9 Å². The Hall–Kier alpha value is -2.20. The molecule has 1 aliphatic rings. The number of aliphatic imine (C=N–C) groups is 1. The molecule has 22 heavy (non-hydrogen) atoms. The van der Waals surface area contributed by atoms with Crippen molar-refractivity contribution < 1.29 is 19.5 Å². The number of rotatable bonds is 6. The lowest BCUT2D eigenvalue weighted by atomic mass is 10.1. The zero-order valence-corrected chi connectivity index (χ0v) is 12.4. The molecule has 0 aromatic carbocycles. The Labute approximate surface area is 127 Å². The SMILES string of the molecule is CN(C(=O)CC(N)CCCO)C1CN=C(NC(N)=O)NC1=O. The van der Waals surface area contributed by atoms with E-state index in [1.165, 1.54) is 11.9 Å². The van der Waals surface area contributed by atoms with E-state index in [1.54, 1.807) is 0 Å². The number of nitrogens with one attached hydrogen (secondary N) is 2. The topological polar surface area (TPSA) is 163 Å². The van der Waals surface area contributed by atoms with Gasteiger partial charge in [-0.05, 0) is 12.8 Å². The number of urea groups is 1. The standard InChI is InChI=1S/C12H22N6O4/c1-18(9(20)5-7(13)3-2-4-19)8-6-15-12(16-10(8)21)17-11(14)22/h7-8,19H,2-6,13H2,1H3,(H4,14,15,16,17,21,22). The monoisotopic (exact) mass is 314 g/mol. The van der Waals surface area contributed by atoms with Crippen molar-refractivity contribution >= 4 is 23.8 Å². The predicted molar refractivity (Wildman–Crippen MR) is 78.6 cm³/mol. The van der Waals surface area contributed by atoms with Crippen molar-refractivity contribution in [2.45, 2.75) is 31.3 Å². The summed E-state index contributed by atoms with van der Waals surface area (Å²) in [6, 6.07) is -1.97. The molecule has 1 heterocycles. The molecule has 4 amide bonds. The van der Waals surface area contributed by atoms with Gasteiger partial charge >= 0.3 is 6.03 Å².